The molecule has 0 saturated carbocycles. The van der Waals surface area contributed by atoms with E-state index in [9.17, 15) is 19.2 Å². The lowest BCUT2D eigenvalue weighted by atomic mass is 9.93. The third kappa shape index (κ3) is 4.36. The Morgan fingerprint density at radius 2 is 1.77 bits per heavy atom. The van der Waals surface area contributed by atoms with Crippen molar-refractivity contribution in [1.82, 2.24) is 4.90 Å². The van der Waals surface area contributed by atoms with Gasteiger partial charge in [-0.2, -0.15) is 5.26 Å². The molecular weight excluding hydrogens is 383 g/mol. The standard InChI is InChI=1S/C24H19FN2O3/c1-3-12-30-20-10-6-17(7-11-20)13-21-16(2)22(14-26)24(29)27(23(21)28)15-18-4-8-19(25)9-5-18/h3-11,13H,1,12,15H2,2H3/b21-13+. The second-order valence-electron chi connectivity index (χ2n) is 6.66. The summed E-state index contributed by atoms with van der Waals surface area (Å²) in [5, 5.41) is 9.47. The molecule has 0 N–H and O–H groups in total. The molecule has 0 aliphatic carbocycles. The van der Waals surface area contributed by atoms with Crippen molar-refractivity contribution in [1.29, 1.82) is 5.26 Å². The van der Waals surface area contributed by atoms with Crippen molar-refractivity contribution in [2.75, 3.05) is 6.61 Å². The van der Waals surface area contributed by atoms with Crippen LogP contribution in [0.5, 0.6) is 5.75 Å². The van der Waals surface area contributed by atoms with Gasteiger partial charge < -0.3 is 4.74 Å². The average Bonchev–Trinajstić information content (AvgIpc) is 2.75. The van der Waals surface area contributed by atoms with E-state index in [1.165, 1.54) is 24.3 Å². The number of nitrogens with zero attached hydrogens (tertiary/aromatic N) is 2. The van der Waals surface area contributed by atoms with Crippen LogP contribution >= 0.6 is 0 Å². The largest absolute Gasteiger partial charge is 0.490 e. The first-order valence-electron chi connectivity index (χ1n) is 9.22. The van der Waals surface area contributed by atoms with Crippen LogP contribution in [0.15, 0.2) is 77.9 Å². The molecule has 0 saturated heterocycles. The molecule has 0 aromatic heterocycles. The van der Waals surface area contributed by atoms with Crippen LogP contribution in [-0.2, 0) is 16.1 Å². The van der Waals surface area contributed by atoms with Gasteiger partial charge in [0.25, 0.3) is 11.8 Å². The number of carbonyl (C=O) groups is 2. The van der Waals surface area contributed by atoms with Crippen molar-refractivity contribution in [3.63, 3.8) is 0 Å². The van der Waals surface area contributed by atoms with Crippen LogP contribution in [0.25, 0.3) is 6.08 Å². The monoisotopic (exact) mass is 402 g/mol. The maximum atomic E-state index is 13.2. The molecular formula is C24H19FN2O3. The molecule has 0 unspecified atom stereocenters. The minimum Gasteiger partial charge on any atom is -0.490 e. The summed E-state index contributed by atoms with van der Waals surface area (Å²) in [6, 6.07) is 14.5. The molecule has 0 radical (unpaired) electrons. The number of carbonyl (C=O) groups excluding carboxylic acids is 2. The van der Waals surface area contributed by atoms with Gasteiger partial charge in [-0.3, -0.25) is 14.5 Å². The van der Waals surface area contributed by atoms with E-state index in [-0.39, 0.29) is 17.7 Å². The average molecular weight is 402 g/mol. The van der Waals surface area contributed by atoms with Crippen molar-refractivity contribution < 1.29 is 18.7 Å². The number of amides is 2. The highest BCUT2D eigenvalue weighted by Gasteiger charge is 2.35. The van der Waals surface area contributed by atoms with Crippen molar-refractivity contribution in [3.8, 4) is 11.8 Å². The Bertz CT molecular complexity index is 1090. The van der Waals surface area contributed by atoms with Gasteiger partial charge in [0.15, 0.2) is 0 Å². The summed E-state index contributed by atoms with van der Waals surface area (Å²) in [4.78, 5) is 26.8. The second-order valence-corrected chi connectivity index (χ2v) is 6.66. The number of benzene rings is 2. The fourth-order valence-electron chi connectivity index (χ4n) is 3.03. The first-order valence-corrected chi connectivity index (χ1v) is 9.22. The molecule has 2 aromatic carbocycles. The molecule has 0 spiro atoms. The van der Waals surface area contributed by atoms with Crippen LogP contribution in [0, 0.1) is 17.1 Å². The van der Waals surface area contributed by atoms with Crippen molar-refractivity contribution in [2.24, 2.45) is 0 Å². The maximum Gasteiger partial charge on any atom is 0.271 e. The third-order valence-corrected chi connectivity index (χ3v) is 4.64. The second kappa shape index (κ2) is 9.01. The molecule has 1 aliphatic rings. The first-order chi connectivity index (χ1) is 14.4. The fraction of sp³-hybridized carbons (Fsp3) is 0.125. The number of halogens is 1. The zero-order valence-electron chi connectivity index (χ0n) is 16.4. The minimum absolute atomic E-state index is 0.0535. The highest BCUT2D eigenvalue weighted by Crippen LogP contribution is 2.28. The molecule has 0 bridgehead atoms. The van der Waals surface area contributed by atoms with Crippen LogP contribution in [-0.4, -0.2) is 23.3 Å². The van der Waals surface area contributed by atoms with Gasteiger partial charge in [-0.15, -0.1) is 0 Å². The Morgan fingerprint density at radius 1 is 1.10 bits per heavy atom. The van der Waals surface area contributed by atoms with Gasteiger partial charge in [-0.05, 0) is 54.0 Å². The molecule has 2 amide bonds. The Morgan fingerprint density at radius 3 is 2.37 bits per heavy atom. The van der Waals surface area contributed by atoms with E-state index in [0.29, 0.717) is 23.5 Å². The number of hydrogen-bond acceptors (Lipinski definition) is 4. The maximum absolute atomic E-state index is 13.2. The van der Waals surface area contributed by atoms with Crippen molar-refractivity contribution in [3.05, 3.63) is 94.8 Å². The highest BCUT2D eigenvalue weighted by atomic mass is 19.1. The molecule has 3 rings (SSSR count). The number of rotatable bonds is 6. The van der Waals surface area contributed by atoms with E-state index < -0.39 is 17.6 Å². The first kappa shape index (κ1) is 20.7. The SMILES string of the molecule is C=CCOc1ccc(/C=C2/C(=O)N(Cc3ccc(F)cc3)C(=O)C(C#N)=C2C)cc1. The van der Waals surface area contributed by atoms with E-state index in [1.807, 2.05) is 6.07 Å². The number of imide groups is 1. The summed E-state index contributed by atoms with van der Waals surface area (Å²) >= 11 is 0. The summed E-state index contributed by atoms with van der Waals surface area (Å²) in [5.74, 6) is -0.919. The lowest BCUT2D eigenvalue weighted by Gasteiger charge is -2.27. The van der Waals surface area contributed by atoms with E-state index in [4.69, 9.17) is 4.74 Å². The predicted molar refractivity (Wildman–Crippen MR) is 110 cm³/mol. The van der Waals surface area contributed by atoms with Crippen LogP contribution in [0.2, 0.25) is 0 Å². The van der Waals surface area contributed by atoms with E-state index in [0.717, 1.165) is 10.5 Å². The molecule has 0 fully saturated rings. The predicted octanol–water partition coefficient (Wildman–Crippen LogP) is 4.18. The van der Waals surface area contributed by atoms with Crippen molar-refractivity contribution >= 4 is 17.9 Å². The summed E-state index contributed by atoms with van der Waals surface area (Å²) in [7, 11) is 0. The van der Waals surface area contributed by atoms with E-state index in [2.05, 4.69) is 6.58 Å². The normalized spacial score (nSPS) is 15.4. The Labute approximate surface area is 174 Å². The fourth-order valence-corrected chi connectivity index (χ4v) is 3.03. The Kier molecular flexibility index (Phi) is 6.23. The Balaban J connectivity index is 1.95. The summed E-state index contributed by atoms with van der Waals surface area (Å²) < 4.78 is 18.6. The number of nitriles is 1. The number of ether oxygens (including phenoxy) is 1. The van der Waals surface area contributed by atoms with Gasteiger partial charge >= 0.3 is 0 Å². The Hall–Kier alpha value is -3.98. The summed E-state index contributed by atoms with van der Waals surface area (Å²) in [5.41, 5.74) is 1.80. The van der Waals surface area contributed by atoms with Gasteiger partial charge in [0.1, 0.15) is 29.8 Å². The molecule has 6 heteroatoms. The molecule has 150 valence electrons. The van der Waals surface area contributed by atoms with Crippen LogP contribution < -0.4 is 4.74 Å². The van der Waals surface area contributed by atoms with Gasteiger partial charge in [-0.1, -0.05) is 36.9 Å². The lowest BCUT2D eigenvalue weighted by molar-refractivity contribution is -0.141. The molecule has 0 atom stereocenters. The van der Waals surface area contributed by atoms with Crippen LogP contribution in [0.4, 0.5) is 4.39 Å². The molecule has 5 nitrogen and oxygen atoms in total. The minimum atomic E-state index is -0.658. The van der Waals surface area contributed by atoms with Crippen molar-refractivity contribution in [2.45, 2.75) is 13.5 Å². The lowest BCUT2D eigenvalue weighted by Crippen LogP contribution is -2.42. The molecule has 1 heterocycles. The summed E-state index contributed by atoms with van der Waals surface area (Å²) in [6.45, 7) is 5.50. The quantitative estimate of drug-likeness (QED) is 0.413. The zero-order chi connectivity index (χ0) is 21.7. The van der Waals surface area contributed by atoms with E-state index >= 15 is 0 Å². The topological polar surface area (TPSA) is 70.4 Å². The number of hydrogen-bond donors (Lipinski definition) is 0. The molecule has 1 aliphatic heterocycles. The van der Waals surface area contributed by atoms with Gasteiger partial charge in [-0.25, -0.2) is 4.39 Å². The summed E-state index contributed by atoms with van der Waals surface area (Å²) in [6.07, 6.45) is 3.28. The highest BCUT2D eigenvalue weighted by molar-refractivity contribution is 6.19. The smallest absolute Gasteiger partial charge is 0.271 e. The van der Waals surface area contributed by atoms with Gasteiger partial charge in [0.2, 0.25) is 0 Å². The van der Waals surface area contributed by atoms with E-state index in [1.54, 1.807) is 43.3 Å². The van der Waals surface area contributed by atoms with Gasteiger partial charge in [0.05, 0.1) is 6.54 Å². The zero-order valence-corrected chi connectivity index (χ0v) is 16.4. The van der Waals surface area contributed by atoms with Crippen LogP contribution in [0.1, 0.15) is 18.1 Å². The van der Waals surface area contributed by atoms with Crippen LogP contribution in [0.3, 0.4) is 0 Å². The molecule has 30 heavy (non-hydrogen) atoms. The van der Waals surface area contributed by atoms with Gasteiger partial charge in [0, 0.05) is 5.57 Å². The molecule has 2 aromatic rings. The third-order valence-electron chi connectivity index (χ3n) is 4.64.